The molecule has 7 heteroatoms. The van der Waals surface area contributed by atoms with Crippen LogP contribution in [0.5, 0.6) is 11.5 Å². The third-order valence-corrected chi connectivity index (χ3v) is 4.21. The monoisotopic (exact) mass is 426 g/mol. The standard InChI is InChI=1S/C22H19ClN2O3S/c23-17-7-4-6-16(14-17)21(26)25-22(29)24-18-8-5-11-20(15-18)28-13-12-27-19-9-2-1-3-10-19/h1-11,14-15H,12-13H2,(H2,24,25,26,29). The van der Waals surface area contributed by atoms with E-state index in [-0.39, 0.29) is 11.0 Å². The number of carbonyl (C=O) groups is 1. The van der Waals surface area contributed by atoms with Crippen LogP contribution in [-0.2, 0) is 0 Å². The maximum absolute atomic E-state index is 12.2. The summed E-state index contributed by atoms with van der Waals surface area (Å²) in [5.74, 6) is 1.12. The van der Waals surface area contributed by atoms with Gasteiger partial charge in [0.25, 0.3) is 5.91 Å². The Bertz CT molecular complexity index is 983. The molecule has 1 amide bonds. The van der Waals surface area contributed by atoms with E-state index >= 15 is 0 Å². The highest BCUT2D eigenvalue weighted by molar-refractivity contribution is 7.80. The fourth-order valence-electron chi connectivity index (χ4n) is 2.47. The highest BCUT2D eigenvalue weighted by atomic mass is 35.5. The molecular weight excluding hydrogens is 408 g/mol. The van der Waals surface area contributed by atoms with Crippen molar-refractivity contribution in [3.8, 4) is 11.5 Å². The number of halogens is 1. The number of para-hydroxylation sites is 1. The molecule has 0 heterocycles. The quantitative estimate of drug-likeness (QED) is 0.414. The summed E-state index contributed by atoms with van der Waals surface area (Å²) in [5, 5.41) is 6.26. The van der Waals surface area contributed by atoms with Crippen LogP contribution in [-0.4, -0.2) is 24.2 Å². The van der Waals surface area contributed by atoms with Crippen molar-refractivity contribution >= 4 is 40.5 Å². The van der Waals surface area contributed by atoms with Crippen molar-refractivity contribution in [3.63, 3.8) is 0 Å². The Hall–Kier alpha value is -3.09. The smallest absolute Gasteiger partial charge is 0.257 e. The summed E-state index contributed by atoms with van der Waals surface area (Å²) in [6, 6.07) is 23.5. The van der Waals surface area contributed by atoms with Crippen molar-refractivity contribution in [2.75, 3.05) is 18.5 Å². The first-order valence-electron chi connectivity index (χ1n) is 8.89. The first-order chi connectivity index (χ1) is 14.1. The van der Waals surface area contributed by atoms with Gasteiger partial charge < -0.3 is 14.8 Å². The van der Waals surface area contributed by atoms with Crippen LogP contribution in [0, 0.1) is 0 Å². The third kappa shape index (κ3) is 6.78. The molecular formula is C22H19ClN2O3S. The highest BCUT2D eigenvalue weighted by Gasteiger charge is 2.08. The second kappa shape index (κ2) is 10.5. The number of amides is 1. The number of hydrogen-bond donors (Lipinski definition) is 2. The summed E-state index contributed by atoms with van der Waals surface area (Å²) in [4.78, 5) is 12.2. The molecule has 0 saturated carbocycles. The molecule has 0 aliphatic heterocycles. The molecule has 2 N–H and O–H groups in total. The summed E-state index contributed by atoms with van der Waals surface area (Å²) in [7, 11) is 0. The molecule has 0 spiro atoms. The lowest BCUT2D eigenvalue weighted by Crippen LogP contribution is -2.34. The van der Waals surface area contributed by atoms with Crippen LogP contribution in [0.25, 0.3) is 0 Å². The molecule has 3 aromatic carbocycles. The predicted octanol–water partition coefficient (Wildman–Crippen LogP) is 4.92. The summed E-state index contributed by atoms with van der Waals surface area (Å²) in [5.41, 5.74) is 1.13. The molecule has 0 saturated heterocycles. The Balaban J connectivity index is 1.47. The molecule has 5 nitrogen and oxygen atoms in total. The van der Waals surface area contributed by atoms with Crippen LogP contribution in [0.4, 0.5) is 5.69 Å². The van der Waals surface area contributed by atoms with Crippen LogP contribution < -0.4 is 20.1 Å². The number of rotatable bonds is 7. The second-order valence-electron chi connectivity index (χ2n) is 5.96. The van der Waals surface area contributed by atoms with E-state index < -0.39 is 0 Å². The molecule has 3 aromatic rings. The van der Waals surface area contributed by atoms with Crippen molar-refractivity contribution < 1.29 is 14.3 Å². The lowest BCUT2D eigenvalue weighted by molar-refractivity contribution is 0.0977. The number of hydrogen-bond acceptors (Lipinski definition) is 4. The molecule has 0 aliphatic carbocycles. The van der Waals surface area contributed by atoms with Gasteiger partial charge in [-0.2, -0.15) is 0 Å². The van der Waals surface area contributed by atoms with Crippen molar-refractivity contribution in [1.82, 2.24) is 5.32 Å². The van der Waals surface area contributed by atoms with Gasteiger partial charge in [-0.3, -0.25) is 10.1 Å². The first kappa shape index (κ1) is 20.6. The Morgan fingerprint density at radius 3 is 2.31 bits per heavy atom. The van der Waals surface area contributed by atoms with Gasteiger partial charge >= 0.3 is 0 Å². The number of carbonyl (C=O) groups excluding carboxylic acids is 1. The summed E-state index contributed by atoms with van der Waals surface area (Å²) in [6.07, 6.45) is 0. The van der Waals surface area contributed by atoms with Crippen LogP contribution in [0.3, 0.4) is 0 Å². The van der Waals surface area contributed by atoms with Crippen LogP contribution >= 0.6 is 23.8 Å². The topological polar surface area (TPSA) is 59.6 Å². The van der Waals surface area contributed by atoms with Gasteiger partial charge in [-0.25, -0.2) is 0 Å². The van der Waals surface area contributed by atoms with Crippen molar-refractivity contribution in [2.45, 2.75) is 0 Å². The minimum absolute atomic E-state index is 0.180. The van der Waals surface area contributed by atoms with Crippen molar-refractivity contribution in [1.29, 1.82) is 0 Å². The van der Waals surface area contributed by atoms with Gasteiger partial charge in [0.15, 0.2) is 5.11 Å². The molecule has 3 rings (SSSR count). The fourth-order valence-corrected chi connectivity index (χ4v) is 2.87. The molecule has 0 radical (unpaired) electrons. The Kier molecular flexibility index (Phi) is 7.44. The number of anilines is 1. The molecule has 0 aliphatic rings. The lowest BCUT2D eigenvalue weighted by Gasteiger charge is -2.12. The lowest BCUT2D eigenvalue weighted by atomic mass is 10.2. The van der Waals surface area contributed by atoms with E-state index in [1.54, 1.807) is 30.3 Å². The highest BCUT2D eigenvalue weighted by Crippen LogP contribution is 2.18. The molecule has 0 unspecified atom stereocenters. The summed E-state index contributed by atoms with van der Waals surface area (Å²) >= 11 is 11.1. The maximum Gasteiger partial charge on any atom is 0.257 e. The average molecular weight is 427 g/mol. The minimum atomic E-state index is -0.338. The van der Waals surface area contributed by atoms with Crippen LogP contribution in [0.2, 0.25) is 5.02 Å². The van der Waals surface area contributed by atoms with Crippen molar-refractivity contribution in [2.24, 2.45) is 0 Å². The van der Waals surface area contributed by atoms with Gasteiger partial charge in [0.05, 0.1) is 0 Å². The zero-order chi connectivity index (χ0) is 20.5. The SMILES string of the molecule is O=C(NC(=S)Nc1cccc(OCCOc2ccccc2)c1)c1cccc(Cl)c1. The van der Waals surface area contributed by atoms with E-state index in [4.69, 9.17) is 33.3 Å². The Morgan fingerprint density at radius 1 is 0.862 bits per heavy atom. The van der Waals surface area contributed by atoms with E-state index in [9.17, 15) is 4.79 Å². The third-order valence-electron chi connectivity index (χ3n) is 3.77. The van der Waals surface area contributed by atoms with E-state index in [2.05, 4.69) is 10.6 Å². The number of nitrogens with one attached hydrogen (secondary N) is 2. The summed E-state index contributed by atoms with van der Waals surface area (Å²) < 4.78 is 11.3. The Morgan fingerprint density at radius 2 is 1.55 bits per heavy atom. The van der Waals surface area contributed by atoms with E-state index in [0.29, 0.717) is 35.2 Å². The normalized spacial score (nSPS) is 10.1. The van der Waals surface area contributed by atoms with Gasteiger partial charge in [-0.15, -0.1) is 0 Å². The largest absolute Gasteiger partial charge is 0.490 e. The Labute approximate surface area is 179 Å². The van der Waals surface area contributed by atoms with Crippen LogP contribution in [0.15, 0.2) is 78.9 Å². The van der Waals surface area contributed by atoms with E-state index in [1.807, 2.05) is 48.5 Å². The molecule has 148 valence electrons. The minimum Gasteiger partial charge on any atom is -0.490 e. The van der Waals surface area contributed by atoms with Gasteiger partial charge in [-0.1, -0.05) is 41.9 Å². The predicted molar refractivity (Wildman–Crippen MR) is 119 cm³/mol. The fraction of sp³-hybridized carbons (Fsp3) is 0.0909. The molecule has 0 atom stereocenters. The summed E-state index contributed by atoms with van der Waals surface area (Å²) in [6.45, 7) is 0.823. The van der Waals surface area contributed by atoms with E-state index in [0.717, 1.165) is 5.75 Å². The maximum atomic E-state index is 12.2. The second-order valence-corrected chi connectivity index (χ2v) is 6.80. The first-order valence-corrected chi connectivity index (χ1v) is 9.67. The van der Waals surface area contributed by atoms with Crippen LogP contribution in [0.1, 0.15) is 10.4 Å². The van der Waals surface area contributed by atoms with E-state index in [1.165, 1.54) is 0 Å². The van der Waals surface area contributed by atoms with Gasteiger partial charge in [0, 0.05) is 22.3 Å². The number of ether oxygens (including phenoxy) is 2. The molecule has 0 bridgehead atoms. The van der Waals surface area contributed by atoms with Crippen molar-refractivity contribution in [3.05, 3.63) is 89.4 Å². The van der Waals surface area contributed by atoms with Gasteiger partial charge in [0.2, 0.25) is 0 Å². The molecule has 0 aromatic heterocycles. The zero-order valence-corrected chi connectivity index (χ0v) is 17.0. The number of thiocarbonyl (C=S) groups is 1. The van der Waals surface area contributed by atoms with Gasteiger partial charge in [0.1, 0.15) is 24.7 Å². The molecule has 0 fully saturated rings. The number of benzene rings is 3. The zero-order valence-electron chi connectivity index (χ0n) is 15.4. The molecule has 29 heavy (non-hydrogen) atoms. The average Bonchev–Trinajstić information content (AvgIpc) is 2.72. The van der Waals surface area contributed by atoms with Gasteiger partial charge in [-0.05, 0) is 54.7 Å².